The Hall–Kier alpha value is -2.15. The number of aromatic nitrogens is 2. The number of amides is 1. The molecule has 2 aromatic rings. The van der Waals surface area contributed by atoms with Gasteiger partial charge in [-0.05, 0) is 43.7 Å². The Kier molecular flexibility index (Phi) is 4.45. The molecule has 0 aromatic carbocycles. The van der Waals surface area contributed by atoms with E-state index < -0.39 is 5.97 Å². The van der Waals surface area contributed by atoms with Crippen LogP contribution in [0.1, 0.15) is 50.3 Å². The molecule has 1 N–H and O–H groups in total. The molecule has 0 saturated carbocycles. The number of nitrogens with one attached hydrogen (secondary N) is 1. The fourth-order valence-electron chi connectivity index (χ4n) is 3.00. The normalized spacial score (nSPS) is 16.6. The highest BCUT2D eigenvalue weighted by molar-refractivity contribution is 7.17. The van der Waals surface area contributed by atoms with Gasteiger partial charge in [-0.2, -0.15) is 5.10 Å². The van der Waals surface area contributed by atoms with E-state index in [4.69, 9.17) is 4.74 Å². The Morgan fingerprint density at radius 2 is 2.21 bits per heavy atom. The summed E-state index contributed by atoms with van der Waals surface area (Å²) < 4.78 is 6.59. The van der Waals surface area contributed by atoms with E-state index in [1.807, 2.05) is 6.92 Å². The number of ether oxygens (including phenoxy) is 1. The fourth-order valence-corrected chi connectivity index (χ4v) is 4.39. The van der Waals surface area contributed by atoms with Gasteiger partial charge in [-0.15, -0.1) is 11.3 Å². The zero-order valence-corrected chi connectivity index (χ0v) is 15.1. The molecule has 128 valence electrons. The number of aryl methyl sites for hydroxylation is 2. The summed E-state index contributed by atoms with van der Waals surface area (Å²) in [4.78, 5) is 25.9. The summed E-state index contributed by atoms with van der Waals surface area (Å²) >= 11 is 1.48. The van der Waals surface area contributed by atoms with Crippen molar-refractivity contribution >= 4 is 28.2 Å². The monoisotopic (exact) mass is 347 g/mol. The van der Waals surface area contributed by atoms with Crippen molar-refractivity contribution < 1.29 is 14.3 Å². The van der Waals surface area contributed by atoms with Crippen LogP contribution < -0.4 is 5.32 Å². The molecule has 0 spiro atoms. The summed E-state index contributed by atoms with van der Waals surface area (Å²) in [6.07, 6.45) is 2.82. The number of anilines is 1. The number of hydrogen-bond acceptors (Lipinski definition) is 5. The molecular weight excluding hydrogens is 326 g/mol. The maximum absolute atomic E-state index is 12.5. The summed E-state index contributed by atoms with van der Waals surface area (Å²) in [7, 11) is 3.16. The topological polar surface area (TPSA) is 73.2 Å². The minimum atomic E-state index is -0.394. The maximum atomic E-state index is 12.5. The Balaban J connectivity index is 1.95. The average molecular weight is 347 g/mol. The number of fused-ring (bicyclic) bond motifs is 1. The molecular formula is C17H21N3O3S. The zero-order chi connectivity index (χ0) is 17.4. The summed E-state index contributed by atoms with van der Waals surface area (Å²) in [5, 5.41) is 7.61. The third-order valence-corrected chi connectivity index (χ3v) is 5.64. The SMILES string of the molecule is COC(=O)c1c(NC(=O)c2cc(C)n(C)n2)sc2c1CCC(C)C2. The lowest BCUT2D eigenvalue weighted by atomic mass is 9.88. The minimum Gasteiger partial charge on any atom is -0.465 e. The van der Waals surface area contributed by atoms with Crippen LogP contribution >= 0.6 is 11.3 Å². The largest absolute Gasteiger partial charge is 0.465 e. The first-order valence-corrected chi connectivity index (χ1v) is 8.77. The van der Waals surface area contributed by atoms with E-state index in [-0.39, 0.29) is 5.91 Å². The number of hydrogen-bond donors (Lipinski definition) is 1. The third kappa shape index (κ3) is 2.96. The molecule has 0 aliphatic heterocycles. The van der Waals surface area contributed by atoms with Crippen molar-refractivity contribution in [3.8, 4) is 0 Å². The second-order valence-corrected chi connectivity index (χ2v) is 7.40. The van der Waals surface area contributed by atoms with Crippen LogP contribution in [0.5, 0.6) is 0 Å². The van der Waals surface area contributed by atoms with Gasteiger partial charge in [0.15, 0.2) is 5.69 Å². The number of thiophene rings is 1. The molecule has 3 rings (SSSR count). The quantitative estimate of drug-likeness (QED) is 0.867. The van der Waals surface area contributed by atoms with Crippen molar-refractivity contribution in [3.63, 3.8) is 0 Å². The van der Waals surface area contributed by atoms with E-state index in [2.05, 4.69) is 17.3 Å². The lowest BCUT2D eigenvalue weighted by Crippen LogP contribution is -2.16. The van der Waals surface area contributed by atoms with Gasteiger partial charge in [0.2, 0.25) is 0 Å². The van der Waals surface area contributed by atoms with Gasteiger partial charge in [-0.1, -0.05) is 6.92 Å². The van der Waals surface area contributed by atoms with Gasteiger partial charge >= 0.3 is 5.97 Å². The highest BCUT2D eigenvalue weighted by Gasteiger charge is 2.29. The molecule has 1 unspecified atom stereocenters. The first kappa shape index (κ1) is 16.7. The zero-order valence-electron chi connectivity index (χ0n) is 14.3. The third-order valence-electron chi connectivity index (χ3n) is 4.47. The molecule has 24 heavy (non-hydrogen) atoms. The van der Waals surface area contributed by atoms with Crippen LogP contribution in [0, 0.1) is 12.8 Å². The number of methoxy groups -OCH3 is 1. The lowest BCUT2D eigenvalue weighted by Gasteiger charge is -2.18. The van der Waals surface area contributed by atoms with Gasteiger partial charge in [0, 0.05) is 17.6 Å². The molecule has 1 amide bonds. The number of carbonyl (C=O) groups excluding carboxylic acids is 2. The number of nitrogens with zero attached hydrogens (tertiary/aromatic N) is 2. The van der Waals surface area contributed by atoms with E-state index >= 15 is 0 Å². The summed E-state index contributed by atoms with van der Waals surface area (Å²) in [5.41, 5.74) is 2.76. The van der Waals surface area contributed by atoms with Crippen molar-refractivity contribution in [2.24, 2.45) is 13.0 Å². The van der Waals surface area contributed by atoms with Gasteiger partial charge in [0.05, 0.1) is 12.7 Å². The molecule has 1 aliphatic carbocycles. The smallest absolute Gasteiger partial charge is 0.341 e. The van der Waals surface area contributed by atoms with Gasteiger partial charge in [-0.3, -0.25) is 9.48 Å². The molecule has 6 nitrogen and oxygen atoms in total. The van der Waals surface area contributed by atoms with E-state index in [0.29, 0.717) is 22.2 Å². The van der Waals surface area contributed by atoms with Crippen LogP contribution in [0.3, 0.4) is 0 Å². The lowest BCUT2D eigenvalue weighted by molar-refractivity contribution is 0.0601. The number of carbonyl (C=O) groups is 2. The Labute approximate surface area is 144 Å². The second kappa shape index (κ2) is 6.39. The first-order chi connectivity index (χ1) is 11.4. The van der Waals surface area contributed by atoms with Gasteiger partial charge in [0.1, 0.15) is 5.00 Å². The molecule has 2 aromatic heterocycles. The standard InChI is InChI=1S/C17H21N3O3S/c1-9-5-6-11-13(7-9)24-16(14(11)17(22)23-4)18-15(21)12-8-10(2)20(3)19-12/h8-9H,5-7H2,1-4H3,(H,18,21). The van der Waals surface area contributed by atoms with Crippen molar-refractivity contribution in [1.82, 2.24) is 9.78 Å². The summed E-state index contributed by atoms with van der Waals surface area (Å²) in [6, 6.07) is 1.72. The first-order valence-electron chi connectivity index (χ1n) is 7.95. The van der Waals surface area contributed by atoms with E-state index in [0.717, 1.165) is 30.5 Å². The highest BCUT2D eigenvalue weighted by atomic mass is 32.1. The summed E-state index contributed by atoms with van der Waals surface area (Å²) in [5.74, 6) is -0.117. The molecule has 0 bridgehead atoms. The Morgan fingerprint density at radius 3 is 2.83 bits per heavy atom. The number of rotatable bonds is 3. The van der Waals surface area contributed by atoms with Crippen molar-refractivity contribution in [2.75, 3.05) is 12.4 Å². The Morgan fingerprint density at radius 1 is 1.46 bits per heavy atom. The maximum Gasteiger partial charge on any atom is 0.341 e. The predicted octanol–water partition coefficient (Wildman–Crippen LogP) is 2.95. The van der Waals surface area contributed by atoms with Crippen molar-refractivity contribution in [1.29, 1.82) is 0 Å². The van der Waals surface area contributed by atoms with Gasteiger partial charge < -0.3 is 10.1 Å². The predicted molar refractivity (Wildman–Crippen MR) is 92.7 cm³/mol. The number of esters is 1. The van der Waals surface area contributed by atoms with E-state index in [1.165, 1.54) is 23.3 Å². The van der Waals surface area contributed by atoms with Crippen LogP contribution in [-0.4, -0.2) is 28.8 Å². The average Bonchev–Trinajstić information content (AvgIpc) is 3.06. The van der Waals surface area contributed by atoms with Crippen LogP contribution in [0.25, 0.3) is 0 Å². The second-order valence-electron chi connectivity index (χ2n) is 6.30. The fraction of sp³-hybridized carbons (Fsp3) is 0.471. The summed E-state index contributed by atoms with van der Waals surface area (Å²) in [6.45, 7) is 4.09. The molecule has 0 radical (unpaired) electrons. The van der Waals surface area contributed by atoms with Crippen molar-refractivity contribution in [3.05, 3.63) is 33.5 Å². The molecule has 2 heterocycles. The van der Waals surface area contributed by atoms with Crippen molar-refractivity contribution in [2.45, 2.75) is 33.1 Å². The molecule has 1 aliphatic rings. The molecule has 7 heteroatoms. The van der Waals surface area contributed by atoms with E-state index in [1.54, 1.807) is 17.8 Å². The molecule has 0 fully saturated rings. The molecule has 0 saturated heterocycles. The Bertz CT molecular complexity index is 787. The van der Waals surface area contributed by atoms with Gasteiger partial charge in [-0.25, -0.2) is 4.79 Å². The van der Waals surface area contributed by atoms with Crippen LogP contribution in [0.4, 0.5) is 5.00 Å². The van der Waals surface area contributed by atoms with Crippen LogP contribution in [0.15, 0.2) is 6.07 Å². The van der Waals surface area contributed by atoms with Crippen LogP contribution in [-0.2, 0) is 24.6 Å². The van der Waals surface area contributed by atoms with E-state index in [9.17, 15) is 9.59 Å². The minimum absolute atomic E-state index is 0.310. The van der Waals surface area contributed by atoms with Crippen LogP contribution in [0.2, 0.25) is 0 Å². The molecule has 1 atom stereocenters. The highest BCUT2D eigenvalue weighted by Crippen LogP contribution is 2.40. The van der Waals surface area contributed by atoms with Gasteiger partial charge in [0.25, 0.3) is 5.91 Å².